The maximum absolute atomic E-state index is 13.0. The molecule has 2 fully saturated rings. The van der Waals surface area contributed by atoms with Crippen molar-refractivity contribution in [1.82, 2.24) is 4.98 Å². The number of alkyl halides is 1. The van der Waals surface area contributed by atoms with Gasteiger partial charge in [-0.15, -0.1) is 0 Å². The van der Waals surface area contributed by atoms with Crippen molar-refractivity contribution in [3.05, 3.63) is 58.0 Å². The Labute approximate surface area is 144 Å². The zero-order valence-electron chi connectivity index (χ0n) is 13.6. The van der Waals surface area contributed by atoms with Gasteiger partial charge in [-0.1, -0.05) is 6.07 Å². The number of anilines is 1. The first-order valence-electron chi connectivity index (χ1n) is 8.48. The molecule has 0 aliphatic heterocycles. The highest BCUT2D eigenvalue weighted by Crippen LogP contribution is 2.52. The maximum Gasteiger partial charge on any atom is 0.259 e. The summed E-state index contributed by atoms with van der Waals surface area (Å²) in [6.45, 7) is -0.654. The van der Waals surface area contributed by atoms with Gasteiger partial charge in [-0.2, -0.15) is 0 Å². The van der Waals surface area contributed by atoms with Crippen molar-refractivity contribution in [3.63, 3.8) is 0 Å². The van der Waals surface area contributed by atoms with Crippen molar-refractivity contribution in [2.75, 3.05) is 5.32 Å². The molecular weight excluding hydrogens is 323 g/mol. The third-order valence-corrected chi connectivity index (χ3v) is 4.97. The van der Waals surface area contributed by atoms with Gasteiger partial charge in [0.25, 0.3) is 5.91 Å². The summed E-state index contributed by atoms with van der Waals surface area (Å²) in [7, 11) is 0. The molecule has 2 aliphatic rings. The van der Waals surface area contributed by atoms with E-state index in [0.717, 1.165) is 24.7 Å². The van der Waals surface area contributed by atoms with E-state index in [1.54, 1.807) is 18.2 Å². The number of hydrogen-bond donors (Lipinski definition) is 2. The van der Waals surface area contributed by atoms with E-state index >= 15 is 0 Å². The number of amides is 1. The lowest BCUT2D eigenvalue weighted by Gasteiger charge is -2.18. The highest BCUT2D eigenvalue weighted by Gasteiger charge is 2.47. The minimum Gasteiger partial charge on any atom is -0.490 e. The van der Waals surface area contributed by atoms with E-state index in [0.29, 0.717) is 17.0 Å². The number of aromatic nitrogens is 1. The number of ether oxygens (including phenoxy) is 1. The Bertz CT molecular complexity index is 854. The van der Waals surface area contributed by atoms with E-state index in [4.69, 9.17) is 4.74 Å². The number of rotatable bonds is 5. The molecule has 0 radical (unpaired) electrons. The first kappa shape index (κ1) is 15.9. The van der Waals surface area contributed by atoms with Crippen LogP contribution in [0.1, 0.15) is 35.2 Å². The minimum atomic E-state index is -0.654. The van der Waals surface area contributed by atoms with Crippen molar-refractivity contribution < 1.29 is 13.9 Å². The lowest BCUT2D eigenvalue weighted by atomic mass is 10.1. The number of benzene rings is 1. The molecule has 0 bridgehead atoms. The fourth-order valence-electron chi connectivity index (χ4n) is 3.60. The topological polar surface area (TPSA) is 71.2 Å². The normalized spacial score (nSPS) is 23.8. The molecule has 1 aromatic heterocycles. The molecule has 4 rings (SSSR count). The summed E-state index contributed by atoms with van der Waals surface area (Å²) in [6, 6.07) is 7.68. The molecule has 2 N–H and O–H groups in total. The predicted molar refractivity (Wildman–Crippen MR) is 91.5 cm³/mol. The van der Waals surface area contributed by atoms with Crippen LogP contribution in [-0.2, 0) is 6.67 Å². The Morgan fingerprint density at radius 3 is 2.72 bits per heavy atom. The number of pyridine rings is 1. The van der Waals surface area contributed by atoms with E-state index in [1.807, 2.05) is 0 Å². The Morgan fingerprint density at radius 1 is 1.20 bits per heavy atom. The summed E-state index contributed by atoms with van der Waals surface area (Å²) < 4.78 is 19.1. The van der Waals surface area contributed by atoms with Crippen molar-refractivity contribution >= 4 is 11.6 Å². The molecule has 0 spiro atoms. The summed E-state index contributed by atoms with van der Waals surface area (Å²) in [5, 5.41) is 2.67. The van der Waals surface area contributed by atoms with Gasteiger partial charge in [0, 0.05) is 18.0 Å². The Balaban J connectivity index is 1.56. The van der Waals surface area contributed by atoms with Crippen molar-refractivity contribution in [2.45, 2.75) is 32.0 Å². The van der Waals surface area contributed by atoms with Crippen molar-refractivity contribution in [1.29, 1.82) is 0 Å². The van der Waals surface area contributed by atoms with Crippen LogP contribution in [0.25, 0.3) is 0 Å². The molecule has 1 heterocycles. The first-order chi connectivity index (χ1) is 12.1. The average Bonchev–Trinajstić information content (AvgIpc) is 3.21. The van der Waals surface area contributed by atoms with Crippen molar-refractivity contribution in [3.8, 4) is 5.75 Å². The quantitative estimate of drug-likeness (QED) is 0.876. The van der Waals surface area contributed by atoms with Crippen LogP contribution >= 0.6 is 0 Å². The zero-order valence-corrected chi connectivity index (χ0v) is 13.6. The zero-order chi connectivity index (χ0) is 17.4. The summed E-state index contributed by atoms with van der Waals surface area (Å²) >= 11 is 0. The number of H-pyrrole nitrogens is 1. The highest BCUT2D eigenvalue weighted by molar-refractivity contribution is 6.06. The minimum absolute atomic E-state index is 0.117. The van der Waals surface area contributed by atoms with Crippen molar-refractivity contribution in [2.24, 2.45) is 11.8 Å². The average molecular weight is 342 g/mol. The molecule has 2 aliphatic carbocycles. The van der Waals surface area contributed by atoms with E-state index < -0.39 is 12.6 Å². The second-order valence-corrected chi connectivity index (χ2v) is 6.83. The van der Waals surface area contributed by atoms with Crippen LogP contribution < -0.4 is 15.6 Å². The Morgan fingerprint density at radius 2 is 2.00 bits per heavy atom. The second kappa shape index (κ2) is 6.35. The third kappa shape index (κ3) is 3.43. The van der Waals surface area contributed by atoms with Gasteiger partial charge in [0.15, 0.2) is 0 Å². The maximum atomic E-state index is 13.0. The molecule has 1 unspecified atom stereocenters. The van der Waals surface area contributed by atoms with Gasteiger partial charge in [0.2, 0.25) is 5.56 Å². The molecule has 2 saturated carbocycles. The standard InChI is InChI=1S/C19H19FN2O3/c20-10-11-1-2-17(25-15-7-12-6-13(12)8-15)16(5-11)19(24)22-14-3-4-21-18(23)9-14/h1-5,9,12-13,15H,6-8,10H2,(H2,21,22,23,24)/t12-,13+,15?. The van der Waals surface area contributed by atoms with Crippen LogP contribution in [0.4, 0.5) is 10.1 Å². The molecule has 5 nitrogen and oxygen atoms in total. The number of fused-ring (bicyclic) bond motifs is 1. The summed E-state index contributed by atoms with van der Waals surface area (Å²) in [6.07, 6.45) is 4.90. The molecule has 1 aromatic carbocycles. The number of carbonyl (C=O) groups excluding carboxylic acids is 1. The second-order valence-electron chi connectivity index (χ2n) is 6.83. The van der Waals surface area contributed by atoms with E-state index in [9.17, 15) is 14.0 Å². The number of aromatic amines is 1. The lowest BCUT2D eigenvalue weighted by Crippen LogP contribution is -2.19. The molecule has 6 heteroatoms. The number of carbonyl (C=O) groups is 1. The summed E-state index contributed by atoms with van der Waals surface area (Å²) in [5.74, 6) is 1.58. The molecular formula is C19H19FN2O3. The smallest absolute Gasteiger partial charge is 0.259 e. The van der Waals surface area contributed by atoms with E-state index in [-0.39, 0.29) is 17.2 Å². The highest BCUT2D eigenvalue weighted by atomic mass is 19.1. The third-order valence-electron chi connectivity index (χ3n) is 4.97. The molecule has 25 heavy (non-hydrogen) atoms. The Kier molecular flexibility index (Phi) is 4.03. The lowest BCUT2D eigenvalue weighted by molar-refractivity contribution is 0.101. The number of hydrogen-bond acceptors (Lipinski definition) is 3. The molecule has 3 atom stereocenters. The predicted octanol–water partition coefficient (Wildman–Crippen LogP) is 3.27. The van der Waals surface area contributed by atoms with Gasteiger partial charge < -0.3 is 15.0 Å². The molecule has 2 aromatic rings. The summed E-state index contributed by atoms with van der Waals surface area (Å²) in [5.41, 5.74) is 0.776. The van der Waals surface area contributed by atoms with Crippen LogP contribution in [0, 0.1) is 11.8 Å². The van der Waals surface area contributed by atoms with Gasteiger partial charge >= 0.3 is 0 Å². The SMILES string of the molecule is O=C(Nc1cc[nH]c(=O)c1)c1cc(CF)ccc1OC1C[C@@H]2C[C@@H]2C1. The van der Waals surface area contributed by atoms with Gasteiger partial charge in [-0.3, -0.25) is 9.59 Å². The largest absolute Gasteiger partial charge is 0.490 e. The molecule has 130 valence electrons. The van der Waals surface area contributed by atoms with Gasteiger partial charge in [-0.25, -0.2) is 4.39 Å². The van der Waals surface area contributed by atoms with Crippen LogP contribution in [0.15, 0.2) is 41.3 Å². The first-order valence-corrected chi connectivity index (χ1v) is 8.48. The van der Waals surface area contributed by atoms with Gasteiger partial charge in [0.1, 0.15) is 12.4 Å². The van der Waals surface area contributed by atoms with Crippen LogP contribution in [0.5, 0.6) is 5.75 Å². The molecule has 0 saturated heterocycles. The van der Waals surface area contributed by atoms with Crippen LogP contribution in [0.3, 0.4) is 0 Å². The monoisotopic (exact) mass is 342 g/mol. The van der Waals surface area contributed by atoms with Crippen LogP contribution in [-0.4, -0.2) is 17.0 Å². The number of nitrogens with one attached hydrogen (secondary N) is 2. The fraction of sp³-hybridized carbons (Fsp3) is 0.368. The fourth-order valence-corrected chi connectivity index (χ4v) is 3.60. The van der Waals surface area contributed by atoms with Crippen LogP contribution in [0.2, 0.25) is 0 Å². The molecule has 1 amide bonds. The number of halogens is 1. The summed E-state index contributed by atoms with van der Waals surface area (Å²) in [4.78, 5) is 26.5. The van der Waals surface area contributed by atoms with Gasteiger partial charge in [0.05, 0.1) is 11.7 Å². The van der Waals surface area contributed by atoms with E-state index in [1.165, 1.54) is 24.8 Å². The van der Waals surface area contributed by atoms with Gasteiger partial charge in [-0.05, 0) is 54.9 Å². The van der Waals surface area contributed by atoms with E-state index in [2.05, 4.69) is 10.3 Å². The Hall–Kier alpha value is -2.63.